The zero-order chi connectivity index (χ0) is 25.7. The Morgan fingerprint density at radius 1 is 1.23 bits per heavy atom. The first-order valence-electron chi connectivity index (χ1n) is 12.3. The van der Waals surface area contributed by atoms with Crippen LogP contribution in [0.4, 0.5) is 5.69 Å². The van der Waals surface area contributed by atoms with Gasteiger partial charge in [-0.05, 0) is 90.7 Å². The van der Waals surface area contributed by atoms with E-state index in [1.165, 1.54) is 0 Å². The molecule has 2 N–H and O–H groups in total. The first kappa shape index (κ1) is 25.6. The Balaban J connectivity index is 1.57. The van der Waals surface area contributed by atoms with Crippen molar-refractivity contribution in [3.05, 3.63) is 55.5 Å². The van der Waals surface area contributed by atoms with E-state index < -0.39 is 5.72 Å². The van der Waals surface area contributed by atoms with Crippen molar-refractivity contribution in [1.29, 1.82) is 0 Å². The molecule has 2 aliphatic rings. The van der Waals surface area contributed by atoms with Crippen LogP contribution in [-0.2, 0) is 6.54 Å². The molecule has 7 nitrogen and oxygen atoms in total. The van der Waals surface area contributed by atoms with Crippen molar-refractivity contribution in [2.45, 2.75) is 71.7 Å². The Kier molecular flexibility index (Phi) is 6.95. The lowest BCUT2D eigenvalue weighted by atomic mass is 9.79. The molecule has 1 saturated carbocycles. The number of amides is 1. The van der Waals surface area contributed by atoms with E-state index in [9.17, 15) is 9.59 Å². The molecule has 35 heavy (non-hydrogen) atoms. The molecule has 1 aliphatic heterocycles. The van der Waals surface area contributed by atoms with E-state index in [1.54, 1.807) is 6.07 Å². The van der Waals surface area contributed by atoms with Gasteiger partial charge in [-0.15, -0.1) is 0 Å². The number of anilines is 1. The number of nitrogens with one attached hydrogen (secondary N) is 2. The van der Waals surface area contributed by atoms with Crippen molar-refractivity contribution < 1.29 is 9.53 Å². The summed E-state index contributed by atoms with van der Waals surface area (Å²) in [6.07, 6.45) is 4.43. The number of carbonyl (C=O) groups is 1. The van der Waals surface area contributed by atoms with Gasteiger partial charge in [-0.2, -0.15) is 0 Å². The van der Waals surface area contributed by atoms with Gasteiger partial charge in [-0.25, -0.2) is 0 Å². The van der Waals surface area contributed by atoms with Crippen LogP contribution in [0.3, 0.4) is 0 Å². The number of hydrogen-bond acceptors (Lipinski definition) is 5. The summed E-state index contributed by atoms with van der Waals surface area (Å²) < 4.78 is 6.56. The molecule has 8 heteroatoms. The monoisotopic (exact) mass is 500 g/mol. The molecule has 1 amide bonds. The number of benzene rings is 1. The van der Waals surface area contributed by atoms with Gasteiger partial charge in [0.2, 0.25) is 0 Å². The Morgan fingerprint density at radius 3 is 2.49 bits per heavy atom. The number of carbonyl (C=O) groups excluding carboxylic acids is 1. The third kappa shape index (κ3) is 4.56. The smallest absolute Gasteiger partial charge is 0.253 e. The van der Waals surface area contributed by atoms with Crippen LogP contribution >= 0.6 is 11.6 Å². The van der Waals surface area contributed by atoms with Crippen molar-refractivity contribution in [2.75, 3.05) is 26.0 Å². The summed E-state index contributed by atoms with van der Waals surface area (Å²) in [5.74, 6) is 0.742. The number of aromatic nitrogens is 1. The number of hydrogen-bond donors (Lipinski definition) is 2. The van der Waals surface area contributed by atoms with Gasteiger partial charge in [0, 0.05) is 42.4 Å². The Morgan fingerprint density at radius 2 is 1.89 bits per heavy atom. The van der Waals surface area contributed by atoms with Crippen LogP contribution in [0.15, 0.2) is 16.9 Å². The lowest BCUT2D eigenvalue weighted by molar-refractivity contribution is 0.0151. The molecule has 4 rings (SSSR count). The summed E-state index contributed by atoms with van der Waals surface area (Å²) in [7, 11) is 6.32. The standard InChI is InChI=1S/C27H37ClN4O3/c1-15-12-16(2)30-26(34)21(15)14-29-25(33)20-13-22(28)24-23(17(20)3)32(7)27(4,35-24)18-8-10-19(11-9-18)31(5)6/h12-13,18-19H,8-11,14H2,1-7H3,(H,29,33)(H,30,34). The fourth-order valence-corrected chi connectivity index (χ4v) is 6.03. The van der Waals surface area contributed by atoms with Gasteiger partial charge in [0.1, 0.15) is 0 Å². The maximum absolute atomic E-state index is 13.2. The number of fused-ring (bicyclic) bond motifs is 1. The maximum Gasteiger partial charge on any atom is 0.253 e. The minimum atomic E-state index is -0.518. The van der Waals surface area contributed by atoms with Crippen LogP contribution in [0.25, 0.3) is 0 Å². The van der Waals surface area contributed by atoms with Crippen LogP contribution in [0, 0.1) is 26.7 Å². The number of aromatic amines is 1. The van der Waals surface area contributed by atoms with E-state index in [-0.39, 0.29) is 18.0 Å². The van der Waals surface area contributed by atoms with Crippen molar-refractivity contribution in [3.8, 4) is 5.75 Å². The molecule has 0 spiro atoms. The summed E-state index contributed by atoms with van der Waals surface area (Å²) in [5.41, 5.74) is 3.68. The highest BCUT2D eigenvalue weighted by atomic mass is 35.5. The molecule has 1 atom stereocenters. The molecular weight excluding hydrogens is 464 g/mol. The summed E-state index contributed by atoms with van der Waals surface area (Å²) in [4.78, 5) is 32.8. The molecule has 0 saturated heterocycles. The summed E-state index contributed by atoms with van der Waals surface area (Å²) in [5, 5.41) is 3.34. The largest absolute Gasteiger partial charge is 0.464 e. The Hall–Kier alpha value is -2.51. The number of aryl methyl sites for hydroxylation is 2. The molecule has 2 aromatic rings. The van der Waals surface area contributed by atoms with Gasteiger partial charge < -0.3 is 24.8 Å². The highest BCUT2D eigenvalue weighted by Gasteiger charge is 2.49. The average Bonchev–Trinajstić information content (AvgIpc) is 3.08. The molecule has 2 heterocycles. The van der Waals surface area contributed by atoms with Gasteiger partial charge in [-0.3, -0.25) is 9.59 Å². The zero-order valence-electron chi connectivity index (χ0n) is 21.8. The van der Waals surface area contributed by atoms with Crippen LogP contribution < -0.4 is 20.5 Å². The van der Waals surface area contributed by atoms with Crippen molar-refractivity contribution in [3.63, 3.8) is 0 Å². The Bertz CT molecular complexity index is 1200. The van der Waals surface area contributed by atoms with Gasteiger partial charge in [0.05, 0.1) is 10.7 Å². The average molecular weight is 501 g/mol. The van der Waals surface area contributed by atoms with E-state index in [1.807, 2.05) is 33.9 Å². The van der Waals surface area contributed by atoms with Gasteiger partial charge >= 0.3 is 0 Å². The number of rotatable bonds is 5. The van der Waals surface area contributed by atoms with E-state index in [0.717, 1.165) is 48.2 Å². The lowest BCUT2D eigenvalue weighted by Crippen LogP contribution is -2.53. The molecule has 1 fully saturated rings. The number of nitrogens with zero attached hydrogens (tertiary/aromatic N) is 2. The minimum Gasteiger partial charge on any atom is -0.464 e. The summed E-state index contributed by atoms with van der Waals surface area (Å²) >= 11 is 6.68. The molecular formula is C27H37ClN4O3. The second-order valence-electron chi connectivity index (χ2n) is 10.5. The van der Waals surface area contributed by atoms with Crippen LogP contribution in [-0.4, -0.2) is 48.7 Å². The Labute approximate surface area is 212 Å². The molecule has 1 unspecified atom stereocenters. The van der Waals surface area contributed by atoms with Crippen LogP contribution in [0.1, 0.15) is 65.3 Å². The van der Waals surface area contributed by atoms with Gasteiger partial charge in [-0.1, -0.05) is 11.6 Å². The molecule has 0 bridgehead atoms. The van der Waals surface area contributed by atoms with Gasteiger partial charge in [0.15, 0.2) is 11.5 Å². The fraction of sp³-hybridized carbons (Fsp3) is 0.556. The third-order valence-electron chi connectivity index (χ3n) is 8.12. The third-order valence-corrected chi connectivity index (χ3v) is 8.40. The number of H-pyrrole nitrogens is 1. The molecule has 190 valence electrons. The molecule has 0 radical (unpaired) electrons. The topological polar surface area (TPSA) is 77.7 Å². The first-order valence-corrected chi connectivity index (χ1v) is 12.7. The van der Waals surface area contributed by atoms with Crippen LogP contribution in [0.5, 0.6) is 5.75 Å². The number of pyridine rings is 1. The quantitative estimate of drug-likeness (QED) is 0.629. The molecule has 1 aromatic carbocycles. The van der Waals surface area contributed by atoms with Crippen LogP contribution in [0.2, 0.25) is 5.02 Å². The summed E-state index contributed by atoms with van der Waals surface area (Å²) in [6.45, 7) is 7.93. The highest BCUT2D eigenvalue weighted by molar-refractivity contribution is 6.33. The van der Waals surface area contributed by atoms with Crippen molar-refractivity contribution in [1.82, 2.24) is 15.2 Å². The molecule has 1 aliphatic carbocycles. The minimum absolute atomic E-state index is 0.146. The fourth-order valence-electron chi connectivity index (χ4n) is 5.80. The zero-order valence-corrected chi connectivity index (χ0v) is 22.6. The first-order chi connectivity index (χ1) is 16.4. The normalized spacial score (nSPS) is 23.9. The number of halogens is 1. The highest BCUT2D eigenvalue weighted by Crippen LogP contribution is 2.53. The number of ether oxygens (including phenoxy) is 1. The molecule has 1 aromatic heterocycles. The second-order valence-corrected chi connectivity index (χ2v) is 10.9. The lowest BCUT2D eigenvalue weighted by Gasteiger charge is -2.43. The van der Waals surface area contributed by atoms with Crippen molar-refractivity contribution >= 4 is 23.2 Å². The summed E-state index contributed by atoms with van der Waals surface area (Å²) in [6, 6.07) is 4.19. The van der Waals surface area contributed by atoms with E-state index in [2.05, 4.69) is 41.1 Å². The van der Waals surface area contributed by atoms with E-state index in [0.29, 0.717) is 33.9 Å². The maximum atomic E-state index is 13.2. The second kappa shape index (κ2) is 9.51. The van der Waals surface area contributed by atoms with Crippen molar-refractivity contribution in [2.24, 2.45) is 5.92 Å². The van der Waals surface area contributed by atoms with E-state index >= 15 is 0 Å². The van der Waals surface area contributed by atoms with Gasteiger partial charge in [0.25, 0.3) is 11.5 Å². The van der Waals surface area contributed by atoms with E-state index in [4.69, 9.17) is 16.3 Å². The SMILES string of the molecule is Cc1cc(C)c(CNC(=O)c2cc(Cl)c3c(c2C)N(C)C(C)(C2CCC(N(C)C)CC2)O3)c(=O)[nH]1. The predicted molar refractivity (Wildman–Crippen MR) is 141 cm³/mol. The predicted octanol–water partition coefficient (Wildman–Crippen LogP) is 4.55.